The fourth-order valence-electron chi connectivity index (χ4n) is 3.20. The first-order valence-corrected chi connectivity index (χ1v) is 12.1. The van der Waals surface area contributed by atoms with Gasteiger partial charge in [-0.05, 0) is 49.2 Å². The van der Waals surface area contributed by atoms with Crippen molar-refractivity contribution >= 4 is 15.9 Å². The Morgan fingerprint density at radius 1 is 0.970 bits per heavy atom. The number of furan rings is 1. The van der Waals surface area contributed by atoms with E-state index in [1.54, 1.807) is 69.5 Å². The third kappa shape index (κ3) is 7.10. The Morgan fingerprint density at radius 2 is 1.64 bits per heavy atom. The lowest BCUT2D eigenvalue weighted by Crippen LogP contribution is -2.31. The predicted molar refractivity (Wildman–Crippen MR) is 125 cm³/mol. The van der Waals surface area contributed by atoms with Crippen molar-refractivity contribution in [3.63, 3.8) is 0 Å². The van der Waals surface area contributed by atoms with E-state index in [-0.39, 0.29) is 30.7 Å². The van der Waals surface area contributed by atoms with Crippen LogP contribution in [0, 0.1) is 0 Å². The first-order valence-electron chi connectivity index (χ1n) is 10.5. The van der Waals surface area contributed by atoms with Crippen LogP contribution < -0.4 is 19.5 Å². The molecule has 1 heterocycles. The molecule has 0 unspecified atom stereocenters. The molecule has 0 saturated carbocycles. The van der Waals surface area contributed by atoms with Crippen LogP contribution in [0.1, 0.15) is 41.3 Å². The molecule has 0 bridgehead atoms. The van der Waals surface area contributed by atoms with E-state index in [9.17, 15) is 13.2 Å². The summed E-state index contributed by atoms with van der Waals surface area (Å²) in [6.45, 7) is 3.84. The Balaban J connectivity index is 1.59. The van der Waals surface area contributed by atoms with Crippen molar-refractivity contribution in [1.29, 1.82) is 0 Å². The molecule has 0 saturated heterocycles. The fraction of sp³-hybridized carbons (Fsp3) is 0.292. The number of para-hydroxylation sites is 2. The van der Waals surface area contributed by atoms with Crippen molar-refractivity contribution < 1.29 is 27.1 Å². The Bertz CT molecular complexity index is 1190. The minimum atomic E-state index is -3.48. The van der Waals surface area contributed by atoms with Gasteiger partial charge in [0.25, 0.3) is 5.91 Å². The molecule has 3 aromatic rings. The van der Waals surface area contributed by atoms with Crippen molar-refractivity contribution in [1.82, 2.24) is 10.0 Å². The summed E-state index contributed by atoms with van der Waals surface area (Å²) in [5, 5.41) is 2.78. The maximum Gasteiger partial charge on any atom is 0.287 e. The molecular weight excluding hydrogens is 444 g/mol. The maximum atomic E-state index is 12.6. The zero-order valence-electron chi connectivity index (χ0n) is 18.8. The minimum Gasteiger partial charge on any atom is -0.493 e. The molecule has 2 N–H and O–H groups in total. The quantitative estimate of drug-likeness (QED) is 0.441. The molecule has 2 aromatic carbocycles. The van der Waals surface area contributed by atoms with Gasteiger partial charge in [-0.3, -0.25) is 4.79 Å². The highest BCUT2D eigenvalue weighted by Gasteiger charge is 2.17. The summed E-state index contributed by atoms with van der Waals surface area (Å²) in [6, 6.07) is 17.4. The Hall–Kier alpha value is -3.30. The average molecular weight is 473 g/mol. The summed E-state index contributed by atoms with van der Waals surface area (Å²) >= 11 is 0. The van der Waals surface area contributed by atoms with Crippen LogP contribution in [0.25, 0.3) is 0 Å². The highest BCUT2D eigenvalue weighted by Crippen LogP contribution is 2.26. The van der Waals surface area contributed by atoms with Crippen molar-refractivity contribution in [2.24, 2.45) is 0 Å². The number of rotatable bonds is 11. The van der Waals surface area contributed by atoms with Gasteiger partial charge in [-0.15, -0.1) is 0 Å². The molecule has 0 radical (unpaired) electrons. The van der Waals surface area contributed by atoms with Crippen molar-refractivity contribution in [2.75, 3.05) is 7.11 Å². The van der Waals surface area contributed by atoms with Gasteiger partial charge in [0, 0.05) is 12.6 Å². The van der Waals surface area contributed by atoms with E-state index in [4.69, 9.17) is 13.9 Å². The van der Waals surface area contributed by atoms with Crippen LogP contribution in [0.3, 0.4) is 0 Å². The van der Waals surface area contributed by atoms with Gasteiger partial charge in [-0.1, -0.05) is 36.4 Å². The summed E-state index contributed by atoms with van der Waals surface area (Å²) in [6.07, 6.45) is 0. The van der Waals surface area contributed by atoms with Crippen molar-refractivity contribution in [3.05, 3.63) is 83.3 Å². The van der Waals surface area contributed by atoms with Gasteiger partial charge in [-0.2, -0.15) is 0 Å². The number of benzene rings is 2. The number of carbonyl (C=O) groups excluding carboxylic acids is 1. The third-order valence-corrected chi connectivity index (χ3v) is 6.16. The molecule has 0 fully saturated rings. The van der Waals surface area contributed by atoms with E-state index in [1.807, 2.05) is 12.1 Å². The number of methoxy groups -OCH3 is 1. The van der Waals surface area contributed by atoms with E-state index >= 15 is 0 Å². The zero-order chi connectivity index (χ0) is 23.8. The average Bonchev–Trinajstić information content (AvgIpc) is 3.25. The highest BCUT2D eigenvalue weighted by molar-refractivity contribution is 7.88. The van der Waals surface area contributed by atoms with Crippen LogP contribution in [0.15, 0.2) is 65.1 Å². The molecule has 0 atom stereocenters. The van der Waals surface area contributed by atoms with Crippen LogP contribution in [0.5, 0.6) is 11.5 Å². The van der Waals surface area contributed by atoms with Gasteiger partial charge in [0.05, 0.1) is 12.9 Å². The molecule has 0 aliphatic carbocycles. The topological polar surface area (TPSA) is 107 Å². The second-order valence-electron chi connectivity index (χ2n) is 7.69. The number of carbonyl (C=O) groups is 1. The van der Waals surface area contributed by atoms with Gasteiger partial charge < -0.3 is 19.2 Å². The summed E-state index contributed by atoms with van der Waals surface area (Å²) in [5.74, 6) is 1.23. The van der Waals surface area contributed by atoms with Gasteiger partial charge in [0.15, 0.2) is 17.3 Å². The number of hydrogen-bond acceptors (Lipinski definition) is 6. The normalized spacial score (nSPS) is 11.4. The number of nitrogens with one attached hydrogen (secondary N) is 2. The van der Waals surface area contributed by atoms with Crippen LogP contribution in [-0.2, 0) is 28.9 Å². The largest absolute Gasteiger partial charge is 0.493 e. The molecule has 33 heavy (non-hydrogen) atoms. The van der Waals surface area contributed by atoms with Crippen molar-refractivity contribution in [2.45, 2.75) is 38.8 Å². The van der Waals surface area contributed by atoms with Crippen molar-refractivity contribution in [3.8, 4) is 11.5 Å². The number of sulfonamides is 1. The maximum absolute atomic E-state index is 12.6. The van der Waals surface area contributed by atoms with E-state index in [0.717, 1.165) is 0 Å². The van der Waals surface area contributed by atoms with Crippen LogP contribution >= 0.6 is 0 Å². The Morgan fingerprint density at radius 3 is 2.33 bits per heavy atom. The van der Waals surface area contributed by atoms with E-state index in [0.29, 0.717) is 28.4 Å². The monoisotopic (exact) mass is 472 g/mol. The van der Waals surface area contributed by atoms with Gasteiger partial charge in [-0.25, -0.2) is 13.1 Å². The SMILES string of the molecule is COc1ccccc1OCc1ccc(C(=O)NCc2ccccc2CS(=O)(=O)NC(C)C)o1. The van der Waals surface area contributed by atoms with E-state index in [1.165, 1.54) is 0 Å². The molecule has 0 aliphatic rings. The standard InChI is InChI=1S/C24H28N2O6S/c1-17(2)26-33(28,29)16-19-9-5-4-8-18(19)14-25-24(27)23-13-12-20(32-23)15-31-22-11-7-6-10-21(22)30-3/h4-13,17,26H,14-16H2,1-3H3,(H,25,27). The van der Waals surface area contributed by atoms with Crippen LogP contribution in [0.2, 0.25) is 0 Å². The summed E-state index contributed by atoms with van der Waals surface area (Å²) < 4.78 is 43.7. The summed E-state index contributed by atoms with van der Waals surface area (Å²) in [7, 11) is -1.92. The number of hydrogen-bond donors (Lipinski definition) is 2. The summed E-state index contributed by atoms with van der Waals surface area (Å²) in [5.41, 5.74) is 1.34. The smallest absolute Gasteiger partial charge is 0.287 e. The van der Waals surface area contributed by atoms with Crippen LogP contribution in [-0.4, -0.2) is 27.5 Å². The van der Waals surface area contributed by atoms with E-state index in [2.05, 4.69) is 10.0 Å². The summed E-state index contributed by atoms with van der Waals surface area (Å²) in [4.78, 5) is 12.6. The van der Waals surface area contributed by atoms with Crippen LogP contribution in [0.4, 0.5) is 0 Å². The van der Waals surface area contributed by atoms with Gasteiger partial charge in [0.1, 0.15) is 12.4 Å². The lowest BCUT2D eigenvalue weighted by molar-refractivity contribution is 0.0919. The molecule has 9 heteroatoms. The second-order valence-corrected chi connectivity index (χ2v) is 9.44. The predicted octanol–water partition coefficient (Wildman–Crippen LogP) is 3.63. The second kappa shape index (κ2) is 11.0. The van der Waals surface area contributed by atoms with E-state index < -0.39 is 15.9 Å². The first kappa shape index (κ1) is 24.3. The Labute approximate surface area is 194 Å². The molecule has 1 aromatic heterocycles. The Kier molecular flexibility index (Phi) is 8.13. The lowest BCUT2D eigenvalue weighted by Gasteiger charge is -2.13. The molecule has 176 valence electrons. The molecule has 0 aliphatic heterocycles. The fourth-order valence-corrected chi connectivity index (χ4v) is 4.70. The molecule has 0 spiro atoms. The van der Waals surface area contributed by atoms with Gasteiger partial charge in [0.2, 0.25) is 10.0 Å². The molecule has 1 amide bonds. The molecule has 8 nitrogen and oxygen atoms in total. The van der Waals surface area contributed by atoms with Gasteiger partial charge >= 0.3 is 0 Å². The highest BCUT2D eigenvalue weighted by atomic mass is 32.2. The zero-order valence-corrected chi connectivity index (χ0v) is 19.6. The third-order valence-electron chi connectivity index (χ3n) is 4.64. The molecule has 3 rings (SSSR count). The number of ether oxygens (including phenoxy) is 2. The number of amides is 1. The minimum absolute atomic E-state index is 0.136. The first-order chi connectivity index (χ1) is 15.8. The molecular formula is C24H28N2O6S. The lowest BCUT2D eigenvalue weighted by atomic mass is 10.1.